The molecule has 0 fully saturated rings. The van der Waals surface area contributed by atoms with Crippen LogP contribution >= 0.6 is 0 Å². The van der Waals surface area contributed by atoms with Gasteiger partial charge in [0.2, 0.25) is 0 Å². The van der Waals surface area contributed by atoms with Gasteiger partial charge < -0.3 is 10.6 Å². The highest BCUT2D eigenvalue weighted by molar-refractivity contribution is 5.75. The number of aromatic nitrogens is 2. The highest BCUT2D eigenvalue weighted by Gasteiger charge is 2.09. The van der Waals surface area contributed by atoms with Gasteiger partial charge in [-0.25, -0.2) is 4.79 Å². The van der Waals surface area contributed by atoms with Crippen LogP contribution in [-0.2, 0) is 4.79 Å². The fraction of sp³-hybridized carbons (Fsp3) is 0.333. The molecule has 1 aromatic rings. The van der Waals surface area contributed by atoms with Crippen LogP contribution in [-0.4, -0.2) is 22.0 Å². The van der Waals surface area contributed by atoms with Crippen LogP contribution in [0.1, 0.15) is 6.92 Å². The van der Waals surface area contributed by atoms with Gasteiger partial charge in [0.25, 0.3) is 0 Å². The summed E-state index contributed by atoms with van der Waals surface area (Å²) in [6.07, 6.45) is 3.02. The molecule has 0 saturated carbocycles. The number of carbonyl (C=O) groups excluding carboxylic acids is 1. The topological polar surface area (TPSA) is 70.1 Å². The van der Waals surface area contributed by atoms with Crippen LogP contribution in [0.3, 0.4) is 0 Å². The number of carbonyl (C=O) groups is 1. The first kappa shape index (κ1) is 7.74. The predicted octanol–water partition coefficient (Wildman–Crippen LogP) is -0.815. The fourth-order valence-corrected chi connectivity index (χ4v) is 0.484. The molecule has 0 aliphatic rings. The summed E-state index contributed by atoms with van der Waals surface area (Å²) in [4.78, 5) is 16.5. The molecule has 0 aliphatic carbocycles. The molecular formula is C6H9N3O2. The van der Waals surface area contributed by atoms with Crippen molar-refractivity contribution in [2.24, 2.45) is 5.73 Å². The lowest BCUT2D eigenvalue weighted by Gasteiger charge is -2.03. The molecule has 0 bridgehead atoms. The van der Waals surface area contributed by atoms with Gasteiger partial charge in [-0.3, -0.25) is 0 Å². The number of hydrogen-bond donors (Lipinski definition) is 1. The Bertz CT molecular complexity index is 230. The summed E-state index contributed by atoms with van der Waals surface area (Å²) in [7, 11) is 0. The fourth-order valence-electron chi connectivity index (χ4n) is 0.484. The normalized spacial score (nSPS) is 12.5. The molecular weight excluding hydrogens is 146 g/mol. The third-order valence-corrected chi connectivity index (χ3v) is 1.04. The van der Waals surface area contributed by atoms with Crippen LogP contribution in [0.25, 0.3) is 0 Å². The highest BCUT2D eigenvalue weighted by Crippen LogP contribution is 1.82. The van der Waals surface area contributed by atoms with Crippen LogP contribution in [0.2, 0.25) is 0 Å². The Labute approximate surface area is 63.7 Å². The maximum absolute atomic E-state index is 10.8. The minimum atomic E-state index is -0.626. The molecule has 0 radical (unpaired) electrons. The molecule has 5 nitrogen and oxygen atoms in total. The van der Waals surface area contributed by atoms with E-state index in [0.717, 1.165) is 4.85 Å². The van der Waals surface area contributed by atoms with E-state index in [1.54, 1.807) is 13.0 Å². The molecule has 11 heavy (non-hydrogen) atoms. The zero-order valence-corrected chi connectivity index (χ0v) is 6.10. The van der Waals surface area contributed by atoms with Crippen molar-refractivity contribution in [3.8, 4) is 0 Å². The highest BCUT2D eigenvalue weighted by atomic mass is 16.7. The molecule has 1 rings (SSSR count). The molecule has 0 aliphatic heterocycles. The van der Waals surface area contributed by atoms with Crippen LogP contribution in [0, 0.1) is 0 Å². The van der Waals surface area contributed by atoms with Crippen molar-refractivity contribution in [3.63, 3.8) is 0 Å². The van der Waals surface area contributed by atoms with Crippen molar-refractivity contribution in [1.82, 2.24) is 9.94 Å². The molecule has 0 amide bonds. The molecule has 0 unspecified atom stereocenters. The number of nitrogens with zero attached hydrogens (tertiary/aromatic N) is 2. The molecule has 0 saturated heterocycles. The van der Waals surface area contributed by atoms with Gasteiger partial charge in [-0.1, -0.05) is 4.85 Å². The molecule has 1 atom stereocenters. The van der Waals surface area contributed by atoms with Crippen molar-refractivity contribution in [2.45, 2.75) is 13.0 Å². The van der Waals surface area contributed by atoms with Crippen LogP contribution in [0.4, 0.5) is 0 Å². The zero-order valence-electron chi connectivity index (χ0n) is 6.10. The SMILES string of the molecule is C[C@H](N)C(=O)On1cccn1. The first-order valence-electron chi connectivity index (χ1n) is 3.17. The van der Waals surface area contributed by atoms with E-state index in [1.165, 1.54) is 12.4 Å². The summed E-state index contributed by atoms with van der Waals surface area (Å²) in [5.74, 6) is -0.506. The van der Waals surface area contributed by atoms with Crippen LogP contribution in [0.5, 0.6) is 0 Å². The summed E-state index contributed by atoms with van der Waals surface area (Å²) in [5.41, 5.74) is 5.24. The minimum Gasteiger partial charge on any atom is -0.319 e. The monoisotopic (exact) mass is 155 g/mol. The van der Waals surface area contributed by atoms with Gasteiger partial charge in [0.1, 0.15) is 6.04 Å². The first-order valence-corrected chi connectivity index (χ1v) is 3.17. The smallest absolute Gasteiger partial charge is 0.319 e. The Hall–Kier alpha value is -1.36. The van der Waals surface area contributed by atoms with Gasteiger partial charge in [-0.15, -0.1) is 5.10 Å². The van der Waals surface area contributed by atoms with Crippen molar-refractivity contribution >= 4 is 5.97 Å². The first-order chi connectivity index (χ1) is 5.20. The van der Waals surface area contributed by atoms with E-state index < -0.39 is 12.0 Å². The van der Waals surface area contributed by atoms with Gasteiger partial charge in [0.15, 0.2) is 0 Å². The third kappa shape index (κ3) is 2.05. The molecule has 1 heterocycles. The average molecular weight is 155 g/mol. The summed E-state index contributed by atoms with van der Waals surface area (Å²) in [6.45, 7) is 1.55. The van der Waals surface area contributed by atoms with Crippen LogP contribution < -0.4 is 10.6 Å². The lowest BCUT2D eigenvalue weighted by molar-refractivity contribution is -0.146. The molecule has 60 valence electrons. The molecule has 2 N–H and O–H groups in total. The molecule has 0 spiro atoms. The van der Waals surface area contributed by atoms with E-state index in [2.05, 4.69) is 9.94 Å². The summed E-state index contributed by atoms with van der Waals surface area (Å²) < 4.78 is 0. The van der Waals surface area contributed by atoms with Gasteiger partial charge >= 0.3 is 5.97 Å². The second kappa shape index (κ2) is 3.16. The van der Waals surface area contributed by atoms with E-state index in [1.807, 2.05) is 0 Å². The van der Waals surface area contributed by atoms with Crippen molar-refractivity contribution in [1.29, 1.82) is 0 Å². The van der Waals surface area contributed by atoms with E-state index in [-0.39, 0.29) is 0 Å². The molecule has 0 aromatic carbocycles. The van der Waals surface area contributed by atoms with Crippen molar-refractivity contribution in [2.75, 3.05) is 0 Å². The van der Waals surface area contributed by atoms with E-state index in [0.29, 0.717) is 0 Å². The quantitative estimate of drug-likeness (QED) is 0.606. The van der Waals surface area contributed by atoms with Crippen LogP contribution in [0.15, 0.2) is 18.5 Å². The second-order valence-corrected chi connectivity index (χ2v) is 2.11. The lowest BCUT2D eigenvalue weighted by atomic mass is 10.4. The lowest BCUT2D eigenvalue weighted by Crippen LogP contribution is -2.35. The summed E-state index contributed by atoms with van der Waals surface area (Å²) in [5, 5.41) is 3.66. The maximum atomic E-state index is 10.8. The van der Waals surface area contributed by atoms with E-state index in [4.69, 9.17) is 5.73 Å². The predicted molar refractivity (Wildman–Crippen MR) is 37.5 cm³/mol. The maximum Gasteiger partial charge on any atom is 0.351 e. The zero-order chi connectivity index (χ0) is 8.27. The Balaban J connectivity index is 2.50. The Morgan fingerprint density at radius 1 is 1.82 bits per heavy atom. The van der Waals surface area contributed by atoms with E-state index in [9.17, 15) is 4.79 Å². The average Bonchev–Trinajstić information content (AvgIpc) is 2.39. The number of rotatable bonds is 2. The third-order valence-electron chi connectivity index (χ3n) is 1.04. The van der Waals surface area contributed by atoms with Crippen molar-refractivity contribution in [3.05, 3.63) is 18.5 Å². The van der Waals surface area contributed by atoms with Gasteiger partial charge in [-0.2, -0.15) is 0 Å². The molecule has 5 heteroatoms. The molecule has 1 aromatic heterocycles. The number of nitrogens with two attached hydrogens (primary N) is 1. The van der Waals surface area contributed by atoms with Gasteiger partial charge in [0, 0.05) is 0 Å². The minimum absolute atomic E-state index is 0.506. The Morgan fingerprint density at radius 3 is 3.00 bits per heavy atom. The summed E-state index contributed by atoms with van der Waals surface area (Å²) in [6, 6.07) is 1.02. The van der Waals surface area contributed by atoms with Crippen molar-refractivity contribution < 1.29 is 9.63 Å². The van der Waals surface area contributed by atoms with Gasteiger partial charge in [-0.05, 0) is 13.0 Å². The van der Waals surface area contributed by atoms with E-state index >= 15 is 0 Å². The Kier molecular flexibility index (Phi) is 2.22. The summed E-state index contributed by atoms with van der Waals surface area (Å²) >= 11 is 0. The standard InChI is InChI=1S/C6H9N3O2/c1-5(7)6(10)11-9-4-2-3-8-9/h2-5H,7H2,1H3/t5-/m0/s1. The van der Waals surface area contributed by atoms with Gasteiger partial charge in [0.05, 0.1) is 12.4 Å². The second-order valence-electron chi connectivity index (χ2n) is 2.11. The Morgan fingerprint density at radius 2 is 2.55 bits per heavy atom. The largest absolute Gasteiger partial charge is 0.351 e. The number of hydrogen-bond acceptors (Lipinski definition) is 4.